The Hall–Kier alpha value is -2.21. The predicted molar refractivity (Wildman–Crippen MR) is 73.0 cm³/mol. The Kier molecular flexibility index (Phi) is 3.51. The van der Waals surface area contributed by atoms with E-state index in [1.165, 1.54) is 6.33 Å². The number of nitrogens with zero attached hydrogens (tertiary/aromatic N) is 2. The predicted octanol–water partition coefficient (Wildman–Crippen LogP) is 3.16. The molecule has 3 rings (SSSR count). The molecule has 0 unspecified atom stereocenters. The number of anilines is 1. The minimum absolute atomic E-state index is 0.755. The van der Waals surface area contributed by atoms with Crippen LogP contribution in [0.5, 0.6) is 0 Å². The fourth-order valence-electron chi connectivity index (χ4n) is 1.59. The molecule has 5 nitrogen and oxygen atoms in total. The normalized spacial score (nSPS) is 10.5. The quantitative estimate of drug-likeness (QED) is 0.746. The summed E-state index contributed by atoms with van der Waals surface area (Å²) in [6.07, 6.45) is 4.92. The van der Waals surface area contributed by atoms with Crippen molar-refractivity contribution in [1.82, 2.24) is 15.2 Å². The van der Waals surface area contributed by atoms with E-state index in [4.69, 9.17) is 4.42 Å². The van der Waals surface area contributed by atoms with Gasteiger partial charge in [-0.15, -0.1) is 0 Å². The van der Waals surface area contributed by atoms with Crippen molar-refractivity contribution >= 4 is 17.4 Å². The molecule has 0 saturated heterocycles. The molecule has 0 saturated carbocycles. The van der Waals surface area contributed by atoms with Crippen molar-refractivity contribution in [1.29, 1.82) is 0 Å². The highest BCUT2D eigenvalue weighted by Gasteiger charge is 2.00. The average molecular weight is 272 g/mol. The summed E-state index contributed by atoms with van der Waals surface area (Å²) in [5.74, 6) is 0. The van der Waals surface area contributed by atoms with Crippen molar-refractivity contribution in [2.45, 2.75) is 16.6 Å². The summed E-state index contributed by atoms with van der Waals surface area (Å²) in [5.41, 5.74) is 2.20. The summed E-state index contributed by atoms with van der Waals surface area (Å²) in [7, 11) is 0. The van der Waals surface area contributed by atoms with Gasteiger partial charge in [-0.25, -0.2) is 4.98 Å². The number of hydrogen-bond acceptors (Lipinski definition) is 5. The van der Waals surface area contributed by atoms with Gasteiger partial charge in [0.05, 0.1) is 12.5 Å². The van der Waals surface area contributed by atoms with Crippen molar-refractivity contribution in [3.05, 3.63) is 54.7 Å². The minimum atomic E-state index is 0.755. The lowest BCUT2D eigenvalue weighted by Crippen LogP contribution is -1.97. The lowest BCUT2D eigenvalue weighted by atomic mass is 10.3. The molecule has 19 heavy (non-hydrogen) atoms. The fourth-order valence-corrected chi connectivity index (χ4v) is 2.29. The zero-order valence-electron chi connectivity index (χ0n) is 10.0. The van der Waals surface area contributed by atoms with Gasteiger partial charge in [0.25, 0.3) is 0 Å². The average Bonchev–Trinajstić information content (AvgIpc) is 3.11. The van der Waals surface area contributed by atoms with Gasteiger partial charge in [-0.1, -0.05) is 11.8 Å². The third kappa shape index (κ3) is 3.17. The van der Waals surface area contributed by atoms with Gasteiger partial charge in [-0.2, -0.15) is 5.10 Å². The molecule has 0 amide bonds. The van der Waals surface area contributed by atoms with E-state index in [-0.39, 0.29) is 0 Å². The van der Waals surface area contributed by atoms with Crippen LogP contribution in [0.3, 0.4) is 0 Å². The largest absolute Gasteiger partial charge is 0.472 e. The number of aromatic nitrogens is 3. The van der Waals surface area contributed by atoms with Gasteiger partial charge >= 0.3 is 0 Å². The summed E-state index contributed by atoms with van der Waals surface area (Å²) in [5, 5.41) is 10.8. The first-order valence-electron chi connectivity index (χ1n) is 5.78. The Bertz CT molecular complexity index is 605. The van der Waals surface area contributed by atoms with Crippen LogP contribution in [0.4, 0.5) is 5.69 Å². The van der Waals surface area contributed by atoms with Crippen molar-refractivity contribution in [2.75, 3.05) is 5.32 Å². The van der Waals surface area contributed by atoms with Crippen LogP contribution in [0.1, 0.15) is 5.56 Å². The lowest BCUT2D eigenvalue weighted by Gasteiger charge is -2.05. The van der Waals surface area contributed by atoms with Gasteiger partial charge < -0.3 is 9.73 Å². The Morgan fingerprint density at radius 1 is 1.21 bits per heavy atom. The molecule has 0 aliphatic heterocycles. The van der Waals surface area contributed by atoms with E-state index >= 15 is 0 Å². The lowest BCUT2D eigenvalue weighted by molar-refractivity contribution is 0.564. The third-order valence-electron chi connectivity index (χ3n) is 2.54. The Morgan fingerprint density at radius 3 is 2.79 bits per heavy atom. The molecule has 2 aromatic heterocycles. The first-order chi connectivity index (χ1) is 9.40. The summed E-state index contributed by atoms with van der Waals surface area (Å²) in [4.78, 5) is 5.19. The number of benzene rings is 1. The second-order valence-corrected chi connectivity index (χ2v) is 4.96. The molecule has 96 valence electrons. The highest BCUT2D eigenvalue weighted by atomic mass is 32.2. The Morgan fingerprint density at radius 2 is 2.11 bits per heavy atom. The zero-order chi connectivity index (χ0) is 12.9. The van der Waals surface area contributed by atoms with Crippen LogP contribution in [0.2, 0.25) is 0 Å². The van der Waals surface area contributed by atoms with E-state index in [1.807, 2.05) is 30.3 Å². The summed E-state index contributed by atoms with van der Waals surface area (Å²) in [6, 6.07) is 10.1. The SMILES string of the molecule is c1n[nH]c(Sc2ccc(NCc3ccoc3)cc2)n1. The topological polar surface area (TPSA) is 66.7 Å². The van der Waals surface area contributed by atoms with Crippen molar-refractivity contribution in [3.8, 4) is 0 Å². The van der Waals surface area contributed by atoms with E-state index in [9.17, 15) is 0 Å². The van der Waals surface area contributed by atoms with Gasteiger partial charge in [0, 0.05) is 22.7 Å². The fraction of sp³-hybridized carbons (Fsp3) is 0.0769. The minimum Gasteiger partial charge on any atom is -0.472 e. The van der Waals surface area contributed by atoms with E-state index in [1.54, 1.807) is 24.3 Å². The highest BCUT2D eigenvalue weighted by Crippen LogP contribution is 2.25. The maximum atomic E-state index is 5.02. The standard InChI is InChI=1S/C13H12N4OS/c1-3-12(19-13-15-9-16-17-13)4-2-11(1)14-7-10-5-6-18-8-10/h1-6,8-9,14H,7H2,(H,15,16,17). The van der Waals surface area contributed by atoms with Crippen LogP contribution in [-0.2, 0) is 6.54 Å². The molecule has 1 aromatic carbocycles. The number of furan rings is 1. The number of aromatic amines is 1. The van der Waals surface area contributed by atoms with Crippen LogP contribution >= 0.6 is 11.8 Å². The van der Waals surface area contributed by atoms with Crippen LogP contribution in [-0.4, -0.2) is 15.2 Å². The second kappa shape index (κ2) is 5.62. The monoisotopic (exact) mass is 272 g/mol. The van der Waals surface area contributed by atoms with Crippen molar-refractivity contribution < 1.29 is 4.42 Å². The second-order valence-electron chi connectivity index (χ2n) is 3.90. The molecule has 0 aliphatic carbocycles. The van der Waals surface area contributed by atoms with Gasteiger partial charge in [0.2, 0.25) is 0 Å². The number of hydrogen-bond donors (Lipinski definition) is 2. The zero-order valence-corrected chi connectivity index (χ0v) is 10.9. The molecule has 0 aliphatic rings. The third-order valence-corrected chi connectivity index (χ3v) is 3.44. The first-order valence-corrected chi connectivity index (χ1v) is 6.60. The van der Waals surface area contributed by atoms with Crippen LogP contribution < -0.4 is 5.32 Å². The van der Waals surface area contributed by atoms with Gasteiger partial charge in [-0.3, -0.25) is 5.10 Å². The van der Waals surface area contributed by atoms with Crippen molar-refractivity contribution in [2.24, 2.45) is 0 Å². The van der Waals surface area contributed by atoms with Gasteiger partial charge in [0.1, 0.15) is 6.33 Å². The van der Waals surface area contributed by atoms with E-state index < -0.39 is 0 Å². The van der Waals surface area contributed by atoms with Crippen LogP contribution in [0.25, 0.3) is 0 Å². The molecular weight excluding hydrogens is 260 g/mol. The molecule has 2 N–H and O–H groups in total. The summed E-state index contributed by atoms with van der Waals surface area (Å²) >= 11 is 1.55. The summed E-state index contributed by atoms with van der Waals surface area (Å²) in [6.45, 7) is 0.755. The maximum Gasteiger partial charge on any atom is 0.188 e. The summed E-state index contributed by atoms with van der Waals surface area (Å²) < 4.78 is 5.02. The Labute approximate surface area is 114 Å². The van der Waals surface area contributed by atoms with E-state index in [0.717, 1.165) is 27.8 Å². The molecular formula is C13H12N4OS. The molecule has 0 fully saturated rings. The first kappa shape index (κ1) is 11.9. The number of H-pyrrole nitrogens is 1. The highest BCUT2D eigenvalue weighted by molar-refractivity contribution is 7.99. The van der Waals surface area contributed by atoms with Crippen LogP contribution in [0, 0.1) is 0 Å². The molecule has 3 aromatic rings. The van der Waals surface area contributed by atoms with Crippen molar-refractivity contribution in [3.63, 3.8) is 0 Å². The molecule has 0 spiro atoms. The van der Waals surface area contributed by atoms with E-state index in [0.29, 0.717) is 0 Å². The molecule has 0 bridgehead atoms. The Balaban J connectivity index is 1.59. The number of nitrogens with one attached hydrogen (secondary N) is 2. The molecule has 0 atom stereocenters. The van der Waals surface area contributed by atoms with Gasteiger partial charge in [0.15, 0.2) is 5.16 Å². The van der Waals surface area contributed by atoms with Crippen LogP contribution in [0.15, 0.2) is 63.7 Å². The van der Waals surface area contributed by atoms with Gasteiger partial charge in [-0.05, 0) is 30.3 Å². The number of rotatable bonds is 5. The maximum absolute atomic E-state index is 5.02. The molecule has 0 radical (unpaired) electrons. The smallest absolute Gasteiger partial charge is 0.188 e. The molecule has 6 heteroatoms. The van der Waals surface area contributed by atoms with E-state index in [2.05, 4.69) is 20.5 Å². The molecule has 2 heterocycles.